The van der Waals surface area contributed by atoms with Crippen LogP contribution >= 0.6 is 63.4 Å². The molecule has 0 aromatic carbocycles. The van der Waals surface area contributed by atoms with Gasteiger partial charge in [-0.25, -0.2) is 4.98 Å². The molecule has 0 spiro atoms. The number of carbonyl (C=O) groups excluding carboxylic acids is 1. The van der Waals surface area contributed by atoms with Crippen molar-refractivity contribution in [2.24, 2.45) is 0 Å². The highest BCUT2D eigenvalue weighted by Crippen LogP contribution is 2.32. The molecular formula is C14H18BrCl2N3OS2. The fourth-order valence-corrected chi connectivity index (χ4v) is 4.71. The summed E-state index contributed by atoms with van der Waals surface area (Å²) in [4.78, 5) is 19.9. The van der Waals surface area contributed by atoms with Crippen molar-refractivity contribution in [3.63, 3.8) is 0 Å². The third-order valence-corrected chi connectivity index (χ3v) is 6.39. The smallest absolute Gasteiger partial charge is 0.228 e. The van der Waals surface area contributed by atoms with Gasteiger partial charge in [0.1, 0.15) is 5.01 Å². The first-order chi connectivity index (χ1) is 10.1. The van der Waals surface area contributed by atoms with E-state index in [9.17, 15) is 4.79 Å². The van der Waals surface area contributed by atoms with Gasteiger partial charge in [0.2, 0.25) is 5.91 Å². The van der Waals surface area contributed by atoms with Crippen LogP contribution in [0.1, 0.15) is 12.1 Å². The van der Waals surface area contributed by atoms with Crippen molar-refractivity contribution in [2.75, 3.05) is 20.1 Å². The van der Waals surface area contributed by atoms with Crippen LogP contribution in [0.25, 0.3) is 9.88 Å². The maximum atomic E-state index is 12.3. The number of likely N-dealkylation sites (N-methyl/N-ethyl adjacent to an activating group) is 1. The molecular weight excluding hydrogens is 441 g/mol. The van der Waals surface area contributed by atoms with Gasteiger partial charge in [0.15, 0.2) is 0 Å². The molecule has 0 bridgehead atoms. The van der Waals surface area contributed by atoms with Gasteiger partial charge in [-0.05, 0) is 35.0 Å². The van der Waals surface area contributed by atoms with E-state index in [1.807, 2.05) is 22.7 Å². The summed E-state index contributed by atoms with van der Waals surface area (Å²) >= 11 is 6.71. The lowest BCUT2D eigenvalue weighted by Gasteiger charge is -2.23. The van der Waals surface area contributed by atoms with Gasteiger partial charge in [-0.2, -0.15) is 0 Å². The highest BCUT2D eigenvalue weighted by molar-refractivity contribution is 9.10. The maximum Gasteiger partial charge on any atom is 0.228 e. The van der Waals surface area contributed by atoms with Gasteiger partial charge in [-0.3, -0.25) is 4.79 Å². The number of halogens is 3. The van der Waals surface area contributed by atoms with Crippen molar-refractivity contribution in [3.8, 4) is 9.88 Å². The predicted molar refractivity (Wildman–Crippen MR) is 105 cm³/mol. The van der Waals surface area contributed by atoms with E-state index in [2.05, 4.69) is 32.3 Å². The Kier molecular flexibility index (Phi) is 8.47. The zero-order chi connectivity index (χ0) is 14.8. The summed E-state index contributed by atoms with van der Waals surface area (Å²) in [5, 5.41) is 8.31. The Hall–Kier alpha value is -0.180. The second kappa shape index (κ2) is 9.34. The number of thiazole rings is 1. The topological polar surface area (TPSA) is 45.2 Å². The van der Waals surface area contributed by atoms with E-state index in [0.29, 0.717) is 12.5 Å². The summed E-state index contributed by atoms with van der Waals surface area (Å²) in [5.41, 5.74) is 0.863. The van der Waals surface area contributed by atoms with E-state index < -0.39 is 0 Å². The van der Waals surface area contributed by atoms with Gasteiger partial charge in [-0.15, -0.1) is 47.5 Å². The number of carbonyl (C=O) groups is 1. The van der Waals surface area contributed by atoms with Crippen LogP contribution in [0.4, 0.5) is 0 Å². The third-order valence-electron chi connectivity index (χ3n) is 3.64. The van der Waals surface area contributed by atoms with Crippen molar-refractivity contribution in [1.29, 1.82) is 0 Å². The van der Waals surface area contributed by atoms with Crippen molar-refractivity contribution in [3.05, 3.63) is 27.0 Å². The summed E-state index contributed by atoms with van der Waals surface area (Å²) in [7, 11) is 1.89. The summed E-state index contributed by atoms with van der Waals surface area (Å²) in [6, 6.07) is 2.38. The molecule has 1 saturated heterocycles. The van der Waals surface area contributed by atoms with Crippen molar-refractivity contribution < 1.29 is 4.79 Å². The number of nitrogens with zero attached hydrogens (tertiary/aromatic N) is 2. The molecule has 1 fully saturated rings. The Morgan fingerprint density at radius 1 is 1.43 bits per heavy atom. The highest BCUT2D eigenvalue weighted by atomic mass is 79.9. The molecule has 3 rings (SSSR count). The van der Waals surface area contributed by atoms with Gasteiger partial charge >= 0.3 is 0 Å². The van der Waals surface area contributed by atoms with E-state index in [4.69, 9.17) is 0 Å². The van der Waals surface area contributed by atoms with Crippen LogP contribution < -0.4 is 5.32 Å². The number of hydrogen-bond donors (Lipinski definition) is 1. The molecule has 1 N–H and O–H groups in total. The number of amides is 1. The van der Waals surface area contributed by atoms with E-state index in [1.54, 1.807) is 22.7 Å². The van der Waals surface area contributed by atoms with E-state index >= 15 is 0 Å². The van der Waals surface area contributed by atoms with Crippen molar-refractivity contribution >= 4 is 69.3 Å². The second-order valence-electron chi connectivity index (χ2n) is 5.10. The fourth-order valence-electron chi connectivity index (χ4n) is 2.38. The van der Waals surface area contributed by atoms with Crippen LogP contribution in [0, 0.1) is 0 Å². The molecule has 128 valence electrons. The third kappa shape index (κ3) is 5.14. The summed E-state index contributed by atoms with van der Waals surface area (Å²) in [6.07, 6.45) is 1.42. The quantitative estimate of drug-likeness (QED) is 0.756. The zero-order valence-corrected chi connectivity index (χ0v) is 17.3. The molecule has 0 aliphatic carbocycles. The Bertz CT molecular complexity index is 644. The molecule has 2 aromatic heterocycles. The van der Waals surface area contributed by atoms with E-state index in [-0.39, 0.29) is 30.7 Å². The Labute approximate surface area is 164 Å². The van der Waals surface area contributed by atoms with Crippen LogP contribution in [-0.4, -0.2) is 42.0 Å². The minimum absolute atomic E-state index is 0. The lowest BCUT2D eigenvalue weighted by atomic mass is 10.2. The number of hydrogen-bond acceptors (Lipinski definition) is 5. The van der Waals surface area contributed by atoms with Crippen molar-refractivity contribution in [1.82, 2.24) is 15.2 Å². The van der Waals surface area contributed by atoms with E-state index in [1.165, 1.54) is 0 Å². The molecule has 9 heteroatoms. The summed E-state index contributed by atoms with van der Waals surface area (Å²) in [5.74, 6) is 0.146. The predicted octanol–water partition coefficient (Wildman–Crippen LogP) is 3.84. The summed E-state index contributed by atoms with van der Waals surface area (Å²) < 4.78 is 1.07. The average molecular weight is 459 g/mol. The minimum Gasteiger partial charge on any atom is -0.341 e. The van der Waals surface area contributed by atoms with Gasteiger partial charge in [-0.1, -0.05) is 0 Å². The second-order valence-corrected chi connectivity index (χ2v) is 7.79. The van der Waals surface area contributed by atoms with Gasteiger partial charge in [0.05, 0.1) is 17.0 Å². The lowest BCUT2D eigenvalue weighted by Crippen LogP contribution is -2.39. The molecule has 1 atom stereocenters. The molecule has 1 aliphatic rings. The highest BCUT2D eigenvalue weighted by Gasteiger charge is 2.23. The Balaban J connectivity index is 0.00000132. The van der Waals surface area contributed by atoms with Gasteiger partial charge < -0.3 is 10.2 Å². The Morgan fingerprint density at radius 3 is 2.83 bits per heavy atom. The van der Waals surface area contributed by atoms with Crippen LogP contribution in [0.2, 0.25) is 0 Å². The largest absolute Gasteiger partial charge is 0.341 e. The van der Waals surface area contributed by atoms with Gasteiger partial charge in [0, 0.05) is 34.9 Å². The molecule has 1 aliphatic heterocycles. The van der Waals surface area contributed by atoms with Crippen LogP contribution in [0.15, 0.2) is 21.3 Å². The van der Waals surface area contributed by atoms with Gasteiger partial charge in [0.25, 0.3) is 0 Å². The zero-order valence-electron chi connectivity index (χ0n) is 12.5. The molecule has 2 aromatic rings. The van der Waals surface area contributed by atoms with Crippen LogP contribution in [0.5, 0.6) is 0 Å². The summed E-state index contributed by atoms with van der Waals surface area (Å²) in [6.45, 7) is 1.89. The number of nitrogens with one attached hydrogen (secondary N) is 1. The first-order valence-electron chi connectivity index (χ1n) is 6.78. The lowest BCUT2D eigenvalue weighted by molar-refractivity contribution is -0.130. The Morgan fingerprint density at radius 2 is 2.22 bits per heavy atom. The minimum atomic E-state index is 0. The first-order valence-corrected chi connectivity index (χ1v) is 9.34. The fraction of sp³-hybridized carbons (Fsp3) is 0.429. The molecule has 23 heavy (non-hydrogen) atoms. The standard InChI is InChI=1S/C14H16BrN3OS2.2ClH/c1-18(11-2-3-16-6-11)13(19)5-10-8-21-14(17-10)12-4-9(15)7-20-12;;/h4,7-8,11,16H,2-3,5-6H2,1H3;2*1H. The van der Waals surface area contributed by atoms with E-state index in [0.717, 1.165) is 39.6 Å². The molecule has 3 heterocycles. The van der Waals surface area contributed by atoms with Crippen molar-refractivity contribution in [2.45, 2.75) is 18.9 Å². The molecule has 4 nitrogen and oxygen atoms in total. The van der Waals surface area contributed by atoms with Crippen LogP contribution in [-0.2, 0) is 11.2 Å². The maximum absolute atomic E-state index is 12.3. The molecule has 0 saturated carbocycles. The van der Waals surface area contributed by atoms with Crippen LogP contribution in [0.3, 0.4) is 0 Å². The SMILES string of the molecule is CN(C(=O)Cc1csc(-c2cc(Br)cs2)n1)C1CCNC1.Cl.Cl. The normalized spacial score (nSPS) is 16.5. The number of aromatic nitrogens is 1. The average Bonchev–Trinajstić information content (AvgIpc) is 3.17. The molecule has 1 unspecified atom stereocenters. The number of thiophene rings is 1. The molecule has 0 radical (unpaired) electrons. The monoisotopic (exact) mass is 457 g/mol. The molecule has 1 amide bonds. The first kappa shape index (κ1) is 20.9. The number of rotatable bonds is 4.